The topological polar surface area (TPSA) is 194 Å². The average molecular weight is 1770 g/mol. The van der Waals surface area contributed by atoms with Crippen LogP contribution in [-0.2, 0) is 0 Å². The summed E-state index contributed by atoms with van der Waals surface area (Å²) in [5.41, 5.74) is 14.4. The highest BCUT2D eigenvalue weighted by molar-refractivity contribution is 7.26. The Balaban J connectivity index is 0.0000000996. The lowest BCUT2D eigenvalue weighted by molar-refractivity contribution is 0.669. The molecule has 130 heavy (non-hydrogen) atoms. The molecule has 0 unspecified atom stereocenters. The van der Waals surface area contributed by atoms with Crippen molar-refractivity contribution in [2.45, 2.75) is 0 Å². The van der Waals surface area contributed by atoms with Gasteiger partial charge in [-0.05, 0) is 179 Å². The second-order valence-corrected chi connectivity index (χ2v) is 33.5. The van der Waals surface area contributed by atoms with E-state index in [-0.39, 0.29) is 21.1 Å². The fourth-order valence-corrected chi connectivity index (χ4v) is 19.2. The Labute approximate surface area is 764 Å². The van der Waals surface area contributed by atoms with E-state index >= 15 is 0 Å². The van der Waals surface area contributed by atoms with Crippen molar-refractivity contribution in [1.82, 2.24) is 59.8 Å². The van der Waals surface area contributed by atoms with Gasteiger partial charge in [-0.15, -0.1) is 11.3 Å². The number of furan rings is 3. The molecule has 0 bridgehead atoms. The van der Waals surface area contributed by atoms with Crippen molar-refractivity contribution in [2.24, 2.45) is 0 Å². The van der Waals surface area contributed by atoms with Crippen LogP contribution in [0.2, 0.25) is 21.1 Å². The van der Waals surface area contributed by atoms with Crippen LogP contribution in [0.15, 0.2) is 389 Å². The Bertz CT molecular complexity index is 8740. The predicted molar refractivity (Wildman–Crippen MR) is 531 cm³/mol. The third-order valence-electron chi connectivity index (χ3n) is 23.2. The average Bonchev–Trinajstić information content (AvgIpc) is 1.59. The van der Waals surface area contributed by atoms with Gasteiger partial charge in [0.25, 0.3) is 0 Å². The molecule has 0 N–H and O–H groups in total. The minimum atomic E-state index is 0.152. The molecule has 20 heteroatoms. The van der Waals surface area contributed by atoms with Crippen molar-refractivity contribution in [3.05, 3.63) is 397 Å². The number of hydrogen-bond donors (Lipinski definition) is 0. The van der Waals surface area contributed by atoms with Gasteiger partial charge in [-0.3, -0.25) is 0 Å². The molecule has 0 aliphatic rings. The van der Waals surface area contributed by atoms with E-state index in [9.17, 15) is 0 Å². The molecule has 0 aliphatic heterocycles. The molecule has 26 aromatic rings. The number of benzene rings is 18. The molecule has 0 spiro atoms. The predicted octanol–water partition coefficient (Wildman–Crippen LogP) is 30.9. The van der Waals surface area contributed by atoms with Crippen LogP contribution in [-0.4, -0.2) is 59.8 Å². The molecule has 0 aliphatic carbocycles. The zero-order valence-electron chi connectivity index (χ0n) is 68.3. The number of fused-ring (bicyclic) bond motifs is 20. The summed E-state index contributed by atoms with van der Waals surface area (Å²) in [6.45, 7) is 0. The van der Waals surface area contributed by atoms with Crippen molar-refractivity contribution in [2.75, 3.05) is 0 Å². The first-order chi connectivity index (χ1) is 64.0. The Hall–Kier alpha value is -15.9. The molecule has 0 saturated carbocycles. The molecular formula is C110H62Cl4N12O3S. The Morgan fingerprint density at radius 1 is 0.185 bits per heavy atom. The van der Waals surface area contributed by atoms with Gasteiger partial charge < -0.3 is 13.3 Å². The normalized spacial score (nSPS) is 11.5. The number of halogens is 4. The number of thiophene rings is 1. The number of nitrogens with zero attached hydrogens (tertiary/aromatic N) is 12. The molecule has 8 aromatic heterocycles. The first kappa shape index (κ1) is 78.8. The largest absolute Gasteiger partial charge is 0.456 e. The monoisotopic (exact) mass is 1770 g/mol. The van der Waals surface area contributed by atoms with Gasteiger partial charge in [0.05, 0.1) is 0 Å². The second-order valence-electron chi connectivity index (χ2n) is 31.1. The third-order valence-corrected chi connectivity index (χ3v) is 25.1. The lowest BCUT2D eigenvalue weighted by Crippen LogP contribution is -1.97. The molecule has 8 heterocycles. The number of hydrogen-bond acceptors (Lipinski definition) is 16. The van der Waals surface area contributed by atoms with Crippen LogP contribution in [0.5, 0.6) is 0 Å². The summed E-state index contributed by atoms with van der Waals surface area (Å²) < 4.78 is 21.2. The van der Waals surface area contributed by atoms with E-state index in [4.69, 9.17) is 74.6 Å². The number of aromatic nitrogens is 12. The van der Waals surface area contributed by atoms with E-state index in [2.05, 4.69) is 221 Å². The van der Waals surface area contributed by atoms with Gasteiger partial charge in [0, 0.05) is 108 Å². The van der Waals surface area contributed by atoms with Crippen LogP contribution < -0.4 is 0 Å². The maximum Gasteiger partial charge on any atom is 0.226 e. The molecule has 26 rings (SSSR count). The Morgan fingerprint density at radius 2 is 0.585 bits per heavy atom. The van der Waals surface area contributed by atoms with Crippen LogP contribution in [0.25, 0.3) is 242 Å². The standard InChI is InChI=1S/C35H20ClN3O.2C25H14ClN3O.C25H14ClN3S/c36-35-38-33(21-9-2-1-3-10-21)37-34(39-35)28-15-8-16-30-32(28)27-18-17-23(20-31(27)40-30)29-19-22-11-4-5-12-24(22)25-13-6-7-14-26(25)29;26-25-28-23(15-8-2-1-3-9-15)27-24(29-25)20-14-19-17-11-6-7-13-21(17)30-22(19)18-12-5-4-10-16(18)20;26-25-28-23(15-6-2-1-3-7-15)27-24(29-25)18-10-11-21-19(13-18)20-12-16-8-4-5-9-17(16)14-22(20)30-21;26-25-28-23(15-8-2-1-3-9-15)27-24(29-25)20-14-19-17-11-6-7-13-21(17)30-22(19)18-12-5-4-10-16(18)20/h1-20H;3*1-14H. The van der Waals surface area contributed by atoms with Crippen molar-refractivity contribution >= 4 is 198 Å². The zero-order chi connectivity index (χ0) is 86.9. The quantitative estimate of drug-likeness (QED) is 0.124. The first-order valence-corrected chi connectivity index (χ1v) is 44.1. The van der Waals surface area contributed by atoms with Gasteiger partial charge in [-0.2, -0.15) is 39.9 Å². The molecule has 0 fully saturated rings. The first-order valence-electron chi connectivity index (χ1n) is 41.8. The second kappa shape index (κ2) is 33.4. The number of para-hydroxylation sites is 1. The van der Waals surface area contributed by atoms with Crippen LogP contribution in [0, 0.1) is 0 Å². The van der Waals surface area contributed by atoms with Crippen LogP contribution in [0.1, 0.15) is 0 Å². The van der Waals surface area contributed by atoms with Crippen molar-refractivity contribution in [1.29, 1.82) is 0 Å². The van der Waals surface area contributed by atoms with Gasteiger partial charge in [-0.1, -0.05) is 297 Å². The van der Waals surface area contributed by atoms with E-state index < -0.39 is 0 Å². The van der Waals surface area contributed by atoms with Crippen molar-refractivity contribution < 1.29 is 13.3 Å². The van der Waals surface area contributed by atoms with Gasteiger partial charge in [0.1, 0.15) is 33.5 Å². The molecule has 0 atom stereocenters. The van der Waals surface area contributed by atoms with E-state index in [0.717, 1.165) is 137 Å². The summed E-state index contributed by atoms with van der Waals surface area (Å²) in [7, 11) is 0. The minimum absolute atomic E-state index is 0.152. The molecular weight excluding hydrogens is 1710 g/mol. The minimum Gasteiger partial charge on any atom is -0.456 e. The van der Waals surface area contributed by atoms with Gasteiger partial charge in [0.2, 0.25) is 21.1 Å². The fourth-order valence-electron chi connectivity index (χ4n) is 17.3. The van der Waals surface area contributed by atoms with Crippen LogP contribution in [0.4, 0.5) is 0 Å². The molecule has 15 nitrogen and oxygen atoms in total. The highest BCUT2D eigenvalue weighted by Gasteiger charge is 2.24. The molecule has 0 radical (unpaired) electrons. The summed E-state index contributed by atoms with van der Waals surface area (Å²) >= 11 is 27.1. The Kier molecular flexibility index (Phi) is 20.3. The summed E-state index contributed by atoms with van der Waals surface area (Å²) in [6.07, 6.45) is 0. The van der Waals surface area contributed by atoms with Gasteiger partial charge in [0.15, 0.2) is 46.6 Å². The summed E-state index contributed by atoms with van der Waals surface area (Å²) in [5.74, 6) is 4.37. The summed E-state index contributed by atoms with van der Waals surface area (Å²) in [6, 6.07) is 127. The highest BCUT2D eigenvalue weighted by Crippen LogP contribution is 2.46. The molecule has 0 amide bonds. The maximum absolute atomic E-state index is 6.42. The maximum atomic E-state index is 6.42. The SMILES string of the molecule is Clc1nc(-c2ccccc2)nc(-c2cc3c4ccccc4oc3c3ccccc23)n1.Clc1nc(-c2ccccc2)nc(-c2cc3c4ccccc4sc3c3ccccc23)n1.Clc1nc(-c2ccccc2)nc(-c2ccc3oc4cc5ccccc5cc4c3c2)n1.Clc1nc(-c2ccccc2)nc(-c2cccc3oc4cc(-c5cc6ccccc6c6ccccc56)ccc4c23)n1. The smallest absolute Gasteiger partial charge is 0.226 e. The summed E-state index contributed by atoms with van der Waals surface area (Å²) in [4.78, 5) is 54.2. The lowest BCUT2D eigenvalue weighted by atomic mass is 9.93. The van der Waals surface area contributed by atoms with Crippen LogP contribution >= 0.6 is 57.7 Å². The Morgan fingerprint density at radius 3 is 1.18 bits per heavy atom. The van der Waals surface area contributed by atoms with Gasteiger partial charge >= 0.3 is 0 Å². The van der Waals surface area contributed by atoms with Gasteiger partial charge in [-0.25, -0.2) is 19.9 Å². The van der Waals surface area contributed by atoms with Crippen LogP contribution in [0.3, 0.4) is 0 Å². The number of rotatable bonds is 9. The highest BCUT2D eigenvalue weighted by atomic mass is 35.5. The lowest BCUT2D eigenvalue weighted by Gasteiger charge is -2.11. The van der Waals surface area contributed by atoms with Crippen molar-refractivity contribution in [3.63, 3.8) is 0 Å². The van der Waals surface area contributed by atoms with E-state index in [1.807, 2.05) is 212 Å². The van der Waals surface area contributed by atoms with E-state index in [0.29, 0.717) is 46.6 Å². The molecule has 18 aromatic carbocycles. The molecule has 0 saturated heterocycles. The molecule has 614 valence electrons. The summed E-state index contributed by atoms with van der Waals surface area (Å²) in [5, 5.41) is 20.8. The van der Waals surface area contributed by atoms with Crippen molar-refractivity contribution in [3.8, 4) is 102 Å². The van der Waals surface area contributed by atoms with E-state index in [1.54, 1.807) is 0 Å². The fraction of sp³-hybridized carbons (Fsp3) is 0. The zero-order valence-corrected chi connectivity index (χ0v) is 72.1. The van der Waals surface area contributed by atoms with E-state index in [1.165, 1.54) is 58.1 Å². The third kappa shape index (κ3) is 14.9.